The Balaban J connectivity index is 1.70. The standard InChI is InChI=1S/C51H69N11O7/c1-9-27-57(33-47(66)59(32-44(52)63)38(3)41-22-15-11-16-23-41)46(65)35-60(39(4)42-24-17-12-18-25-42)49(68)36-61(43-29-50(5,6)62(69)51(7,8)30-43)48(67)34-58(28-19-26-55-56-53)45(64)31-54-37(2)40-20-13-10-14-21-40/h1,10-18,20-25,37-39,43,54,69H,19,26-36H2,2-8H3,(H2,52,63)/t37-,38-,39-/m0/s1. The second-order valence-corrected chi connectivity index (χ2v) is 18.8. The molecule has 0 aromatic heterocycles. The van der Waals surface area contributed by atoms with Crippen LogP contribution >= 0.6 is 0 Å². The molecule has 3 aromatic carbocycles. The number of hydrogen-bond donors (Lipinski definition) is 3. The van der Waals surface area contributed by atoms with E-state index in [9.17, 15) is 29.2 Å². The number of primary amides is 1. The number of amides is 6. The number of benzene rings is 3. The fourth-order valence-corrected chi connectivity index (χ4v) is 8.95. The van der Waals surface area contributed by atoms with Crippen LogP contribution in [0.5, 0.6) is 0 Å². The Labute approximate surface area is 406 Å². The van der Waals surface area contributed by atoms with Crippen molar-refractivity contribution in [2.45, 2.75) is 103 Å². The molecule has 1 saturated heterocycles. The smallest absolute Gasteiger partial charge is 0.243 e. The van der Waals surface area contributed by atoms with Crippen molar-refractivity contribution < 1.29 is 34.0 Å². The van der Waals surface area contributed by atoms with Crippen LogP contribution < -0.4 is 11.1 Å². The molecule has 0 unspecified atom stereocenters. The number of carbonyl (C=O) groups is 6. The molecule has 0 bridgehead atoms. The highest BCUT2D eigenvalue weighted by molar-refractivity contribution is 5.92. The molecule has 4 N–H and O–H groups in total. The van der Waals surface area contributed by atoms with Gasteiger partial charge in [-0.15, -0.1) is 6.42 Å². The largest absolute Gasteiger partial charge is 0.368 e. The number of terminal acetylenes is 1. The molecular formula is C51H69N11O7. The molecule has 0 radical (unpaired) electrons. The van der Waals surface area contributed by atoms with E-state index in [1.165, 1.54) is 24.7 Å². The molecule has 370 valence electrons. The lowest BCUT2D eigenvalue weighted by Crippen LogP contribution is -2.65. The average molecular weight is 948 g/mol. The van der Waals surface area contributed by atoms with Gasteiger partial charge in [-0.2, -0.15) is 5.06 Å². The van der Waals surface area contributed by atoms with E-state index in [-0.39, 0.29) is 57.4 Å². The van der Waals surface area contributed by atoms with E-state index in [1.807, 2.05) is 89.2 Å². The van der Waals surface area contributed by atoms with Gasteiger partial charge < -0.3 is 40.8 Å². The van der Waals surface area contributed by atoms with E-state index in [0.717, 1.165) is 16.0 Å². The summed E-state index contributed by atoms with van der Waals surface area (Å²) >= 11 is 0. The first kappa shape index (κ1) is 54.8. The van der Waals surface area contributed by atoms with Crippen molar-refractivity contribution in [2.24, 2.45) is 10.8 Å². The quantitative estimate of drug-likeness (QED) is 0.0351. The maximum absolute atomic E-state index is 15.1. The SMILES string of the molecule is C#CCN(CC(=O)N(CC(N)=O)[C@@H](C)c1ccccc1)C(=O)CN(C(=O)CN(C(=O)CN(CCCN=[N+]=[N-])C(=O)CN[C@@H](C)c1ccccc1)C1CC(C)(C)N(O)C(C)(C)C1)[C@@H](C)c1ccccc1. The number of piperidine rings is 1. The van der Waals surface area contributed by atoms with Gasteiger partial charge in [0.2, 0.25) is 35.4 Å². The van der Waals surface area contributed by atoms with Gasteiger partial charge in [-0.05, 0) is 90.0 Å². The minimum atomic E-state index is -0.855. The number of nitrogens with zero attached hydrogens (tertiary/aromatic N) is 9. The molecular weight excluding hydrogens is 879 g/mol. The van der Waals surface area contributed by atoms with Crippen LogP contribution in [0.1, 0.15) is 103 Å². The van der Waals surface area contributed by atoms with Crippen LogP contribution in [0.25, 0.3) is 10.4 Å². The molecule has 6 amide bonds. The molecule has 3 atom stereocenters. The van der Waals surface area contributed by atoms with Crippen molar-refractivity contribution in [3.8, 4) is 12.3 Å². The first-order valence-electron chi connectivity index (χ1n) is 23.2. The Hall–Kier alpha value is -6.77. The molecule has 0 aliphatic carbocycles. The summed E-state index contributed by atoms with van der Waals surface area (Å²) in [6.07, 6.45) is 6.52. The summed E-state index contributed by atoms with van der Waals surface area (Å²) in [7, 11) is 0. The van der Waals surface area contributed by atoms with Crippen molar-refractivity contribution in [2.75, 3.05) is 58.9 Å². The highest BCUT2D eigenvalue weighted by Crippen LogP contribution is 2.39. The highest BCUT2D eigenvalue weighted by Gasteiger charge is 2.48. The van der Waals surface area contributed by atoms with Crippen LogP contribution in [-0.2, 0) is 28.8 Å². The van der Waals surface area contributed by atoms with Crippen molar-refractivity contribution in [1.82, 2.24) is 34.9 Å². The summed E-state index contributed by atoms with van der Waals surface area (Å²) in [5.74, 6) is -1.09. The lowest BCUT2D eigenvalue weighted by molar-refractivity contribution is -0.251. The van der Waals surface area contributed by atoms with E-state index in [4.69, 9.17) is 17.7 Å². The molecule has 69 heavy (non-hydrogen) atoms. The van der Waals surface area contributed by atoms with Gasteiger partial charge in [0.05, 0.1) is 38.3 Å². The summed E-state index contributed by atoms with van der Waals surface area (Å²) < 4.78 is 0. The first-order chi connectivity index (χ1) is 32.7. The topological polar surface area (TPSA) is 229 Å². The molecule has 18 heteroatoms. The zero-order valence-corrected chi connectivity index (χ0v) is 41.0. The van der Waals surface area contributed by atoms with Gasteiger partial charge in [0, 0.05) is 41.2 Å². The Morgan fingerprint density at radius 3 is 1.71 bits per heavy atom. The van der Waals surface area contributed by atoms with Crippen LogP contribution in [0.2, 0.25) is 0 Å². The van der Waals surface area contributed by atoms with Crippen molar-refractivity contribution >= 4 is 35.4 Å². The third-order valence-electron chi connectivity index (χ3n) is 12.7. The maximum Gasteiger partial charge on any atom is 0.243 e. The normalized spacial score (nSPS) is 15.5. The van der Waals surface area contributed by atoms with Crippen LogP contribution in [0.15, 0.2) is 96.1 Å². The predicted molar refractivity (Wildman–Crippen MR) is 262 cm³/mol. The summed E-state index contributed by atoms with van der Waals surface area (Å²) in [6, 6.07) is 25.5. The molecule has 1 heterocycles. The number of carbonyl (C=O) groups excluding carboxylic acids is 6. The Kier molecular flexibility index (Phi) is 20.3. The zero-order valence-electron chi connectivity index (χ0n) is 41.0. The Morgan fingerprint density at radius 1 is 0.739 bits per heavy atom. The number of nitrogens with one attached hydrogen (secondary N) is 1. The van der Waals surface area contributed by atoms with E-state index < -0.39 is 91.5 Å². The van der Waals surface area contributed by atoms with Crippen molar-refractivity contribution in [3.05, 3.63) is 118 Å². The number of azide groups is 1. The number of hydrogen-bond acceptors (Lipinski definition) is 10. The molecule has 1 aliphatic rings. The molecule has 0 saturated carbocycles. The first-order valence-corrected chi connectivity index (χ1v) is 23.2. The van der Waals surface area contributed by atoms with Gasteiger partial charge in [0.1, 0.15) is 19.6 Å². The number of nitrogens with two attached hydrogens (primary N) is 1. The molecule has 3 aromatic rings. The summed E-state index contributed by atoms with van der Waals surface area (Å²) in [4.78, 5) is 94.2. The molecule has 1 fully saturated rings. The lowest BCUT2D eigenvalue weighted by atomic mass is 9.78. The fourth-order valence-electron chi connectivity index (χ4n) is 8.95. The second-order valence-electron chi connectivity index (χ2n) is 18.8. The van der Waals surface area contributed by atoms with Gasteiger partial charge in [-0.1, -0.05) is 102 Å². The van der Waals surface area contributed by atoms with Gasteiger partial charge in [-0.3, -0.25) is 28.8 Å². The summed E-state index contributed by atoms with van der Waals surface area (Å²) in [6.45, 7) is 10.1. The van der Waals surface area contributed by atoms with Gasteiger partial charge in [-0.25, -0.2) is 0 Å². The van der Waals surface area contributed by atoms with E-state index >= 15 is 4.79 Å². The maximum atomic E-state index is 15.1. The van der Waals surface area contributed by atoms with Gasteiger partial charge >= 0.3 is 0 Å². The minimum absolute atomic E-state index is 0.0786. The lowest BCUT2D eigenvalue weighted by Gasteiger charge is -2.53. The van der Waals surface area contributed by atoms with Crippen LogP contribution in [0.4, 0.5) is 0 Å². The second kappa shape index (κ2) is 25.6. The average Bonchev–Trinajstić information content (AvgIpc) is 3.33. The number of rotatable bonds is 24. The Morgan fingerprint density at radius 2 is 1.22 bits per heavy atom. The van der Waals surface area contributed by atoms with E-state index in [1.54, 1.807) is 50.2 Å². The summed E-state index contributed by atoms with van der Waals surface area (Å²) in [5.41, 5.74) is 15.2. The highest BCUT2D eigenvalue weighted by atomic mass is 16.5. The monoisotopic (exact) mass is 948 g/mol. The van der Waals surface area contributed by atoms with Crippen LogP contribution in [0.3, 0.4) is 0 Å². The molecule has 4 rings (SSSR count). The molecule has 1 aliphatic heterocycles. The third-order valence-corrected chi connectivity index (χ3v) is 12.7. The fraction of sp³-hybridized carbons (Fsp3) is 0.490. The van der Waals surface area contributed by atoms with Crippen molar-refractivity contribution in [3.63, 3.8) is 0 Å². The minimum Gasteiger partial charge on any atom is -0.368 e. The number of hydroxylamine groups is 2. The summed E-state index contributed by atoms with van der Waals surface area (Å²) in [5, 5.41) is 19.4. The van der Waals surface area contributed by atoms with Gasteiger partial charge in [0.15, 0.2) is 0 Å². The van der Waals surface area contributed by atoms with Gasteiger partial charge in [0.25, 0.3) is 0 Å². The molecule has 0 spiro atoms. The molecule has 18 nitrogen and oxygen atoms in total. The van der Waals surface area contributed by atoms with Crippen LogP contribution in [-0.4, -0.2) is 146 Å². The Bertz CT molecular complexity index is 2280. The predicted octanol–water partition coefficient (Wildman–Crippen LogP) is 5.23. The van der Waals surface area contributed by atoms with E-state index in [2.05, 4.69) is 21.3 Å². The zero-order chi connectivity index (χ0) is 50.9. The van der Waals surface area contributed by atoms with Crippen molar-refractivity contribution in [1.29, 1.82) is 0 Å². The third kappa shape index (κ3) is 15.6. The van der Waals surface area contributed by atoms with Crippen LogP contribution in [0, 0.1) is 12.3 Å². The van der Waals surface area contributed by atoms with E-state index in [0.29, 0.717) is 5.56 Å².